The molecule has 3 heteroatoms. The van der Waals surface area contributed by atoms with Gasteiger partial charge in [0.25, 0.3) is 5.91 Å². The Balaban J connectivity index is 2.25. The van der Waals surface area contributed by atoms with Crippen molar-refractivity contribution in [1.29, 1.82) is 0 Å². The highest BCUT2D eigenvalue weighted by atomic mass is 16.2. The van der Waals surface area contributed by atoms with Crippen LogP contribution in [0.3, 0.4) is 0 Å². The predicted octanol–water partition coefficient (Wildman–Crippen LogP) is 3.89. The number of amides is 1. The molecule has 0 spiro atoms. The van der Waals surface area contributed by atoms with Crippen LogP contribution in [-0.2, 0) is 4.79 Å². The largest absolute Gasteiger partial charge is 0.391 e. The Morgan fingerprint density at radius 3 is 2.77 bits per heavy atom. The van der Waals surface area contributed by atoms with Crippen LogP contribution in [0.25, 0.3) is 5.57 Å². The Bertz CT molecular complexity index is 603. The average Bonchev–Trinajstić information content (AvgIpc) is 2.75. The Morgan fingerprint density at radius 1 is 1.36 bits per heavy atom. The fraction of sp³-hybridized carbons (Fsp3) is 0.316. The van der Waals surface area contributed by atoms with Gasteiger partial charge in [0.1, 0.15) is 0 Å². The fourth-order valence-electron chi connectivity index (χ4n) is 2.84. The number of nitrogens with one attached hydrogen (secondary N) is 1. The second-order valence-electron chi connectivity index (χ2n) is 5.77. The maximum absolute atomic E-state index is 12.6. The summed E-state index contributed by atoms with van der Waals surface area (Å²) in [5, 5.41) is 3.12. The predicted molar refractivity (Wildman–Crippen MR) is 93.6 cm³/mol. The van der Waals surface area contributed by atoms with Gasteiger partial charge in [0.2, 0.25) is 0 Å². The first kappa shape index (κ1) is 16.1. The lowest BCUT2D eigenvalue weighted by molar-refractivity contribution is -0.113. The molecule has 1 aromatic carbocycles. The first-order chi connectivity index (χ1) is 10.6. The van der Waals surface area contributed by atoms with Crippen molar-refractivity contribution in [2.45, 2.75) is 32.2 Å². The molecular formula is C19H24N2O. The van der Waals surface area contributed by atoms with Crippen LogP contribution >= 0.6 is 0 Å². The van der Waals surface area contributed by atoms with E-state index in [1.165, 1.54) is 0 Å². The van der Waals surface area contributed by atoms with Gasteiger partial charge in [-0.25, -0.2) is 0 Å². The van der Waals surface area contributed by atoms with Gasteiger partial charge < -0.3 is 10.2 Å². The minimum atomic E-state index is 0.0199. The van der Waals surface area contributed by atoms with Gasteiger partial charge in [0.15, 0.2) is 0 Å². The van der Waals surface area contributed by atoms with Crippen LogP contribution in [0.5, 0.6) is 0 Å². The molecule has 1 aromatic rings. The second kappa shape index (κ2) is 7.12. The summed E-state index contributed by atoms with van der Waals surface area (Å²) in [4.78, 5) is 14.6. The summed E-state index contributed by atoms with van der Waals surface area (Å²) in [6, 6.07) is 8.02. The van der Waals surface area contributed by atoms with E-state index in [2.05, 4.69) is 25.1 Å². The van der Waals surface area contributed by atoms with Gasteiger partial charge in [0.05, 0.1) is 5.69 Å². The van der Waals surface area contributed by atoms with Gasteiger partial charge >= 0.3 is 0 Å². The van der Waals surface area contributed by atoms with E-state index in [1.54, 1.807) is 6.20 Å². The summed E-state index contributed by atoms with van der Waals surface area (Å²) in [6.45, 7) is 14.4. The summed E-state index contributed by atoms with van der Waals surface area (Å²) < 4.78 is 0. The smallest absolute Gasteiger partial charge is 0.258 e. The topological polar surface area (TPSA) is 32.3 Å². The lowest BCUT2D eigenvalue weighted by Crippen LogP contribution is -2.39. The maximum Gasteiger partial charge on any atom is 0.258 e. The van der Waals surface area contributed by atoms with Crippen molar-refractivity contribution in [2.75, 3.05) is 11.4 Å². The van der Waals surface area contributed by atoms with E-state index >= 15 is 0 Å². The molecule has 2 rings (SSSR count). The maximum atomic E-state index is 12.6. The number of rotatable bonds is 8. The summed E-state index contributed by atoms with van der Waals surface area (Å²) in [5.74, 6) is 0.0199. The number of para-hydroxylation sites is 1. The number of fused-ring (bicyclic) bond motifs is 1. The molecule has 1 atom stereocenters. The van der Waals surface area contributed by atoms with E-state index in [0.717, 1.165) is 42.6 Å². The zero-order chi connectivity index (χ0) is 16.1. The molecule has 1 aliphatic rings. The summed E-state index contributed by atoms with van der Waals surface area (Å²) in [6.07, 6.45) is 4.37. The molecule has 0 bridgehead atoms. The van der Waals surface area contributed by atoms with Gasteiger partial charge in [-0.05, 0) is 38.5 Å². The van der Waals surface area contributed by atoms with Crippen molar-refractivity contribution < 1.29 is 4.79 Å². The molecule has 0 radical (unpaired) electrons. The van der Waals surface area contributed by atoms with Crippen LogP contribution in [0.4, 0.5) is 5.69 Å². The lowest BCUT2D eigenvalue weighted by Gasteiger charge is -2.29. The van der Waals surface area contributed by atoms with E-state index < -0.39 is 0 Å². The van der Waals surface area contributed by atoms with Crippen molar-refractivity contribution in [1.82, 2.24) is 5.32 Å². The molecule has 22 heavy (non-hydrogen) atoms. The number of carbonyl (C=O) groups excluding carboxylic acids is 1. The standard InChI is InChI=1S/C19H24N2O/c1-5-20-13-12-16(11-10-14(2)3)21-18-9-7-6-8-17(18)15(4)19(21)22/h5-9,16,20H,1-2,4,10-13H2,3H3. The van der Waals surface area contributed by atoms with Crippen LogP contribution in [-0.4, -0.2) is 18.5 Å². The fourth-order valence-corrected chi connectivity index (χ4v) is 2.84. The number of carbonyl (C=O) groups is 1. The number of allylic oxidation sites excluding steroid dienone is 1. The van der Waals surface area contributed by atoms with Crippen molar-refractivity contribution in [3.8, 4) is 0 Å². The van der Waals surface area contributed by atoms with Gasteiger partial charge in [-0.1, -0.05) is 36.9 Å². The van der Waals surface area contributed by atoms with E-state index in [-0.39, 0.29) is 11.9 Å². The third-order valence-electron chi connectivity index (χ3n) is 4.00. The zero-order valence-electron chi connectivity index (χ0n) is 13.3. The van der Waals surface area contributed by atoms with Crippen LogP contribution in [0.2, 0.25) is 0 Å². The quantitative estimate of drug-likeness (QED) is 0.448. The molecule has 1 amide bonds. The Morgan fingerprint density at radius 2 is 2.09 bits per heavy atom. The lowest BCUT2D eigenvalue weighted by atomic mass is 10.0. The van der Waals surface area contributed by atoms with E-state index in [9.17, 15) is 4.79 Å². The average molecular weight is 296 g/mol. The third kappa shape index (κ3) is 3.30. The van der Waals surface area contributed by atoms with Crippen molar-refractivity contribution >= 4 is 17.2 Å². The highest BCUT2D eigenvalue weighted by Crippen LogP contribution is 2.38. The van der Waals surface area contributed by atoms with E-state index in [1.807, 2.05) is 36.1 Å². The van der Waals surface area contributed by atoms with Gasteiger partial charge in [0, 0.05) is 23.7 Å². The highest BCUT2D eigenvalue weighted by Gasteiger charge is 2.35. The molecule has 0 saturated heterocycles. The van der Waals surface area contributed by atoms with Gasteiger partial charge in [-0.15, -0.1) is 6.58 Å². The minimum absolute atomic E-state index is 0.0199. The van der Waals surface area contributed by atoms with Crippen LogP contribution in [0, 0.1) is 0 Å². The van der Waals surface area contributed by atoms with Crippen molar-refractivity contribution in [3.05, 3.63) is 61.3 Å². The first-order valence-electron chi connectivity index (χ1n) is 7.66. The Labute approximate surface area is 133 Å². The first-order valence-corrected chi connectivity index (χ1v) is 7.66. The minimum Gasteiger partial charge on any atom is -0.391 e. The molecule has 0 aliphatic carbocycles. The molecule has 1 unspecified atom stereocenters. The molecule has 3 nitrogen and oxygen atoms in total. The Kier molecular flexibility index (Phi) is 5.21. The van der Waals surface area contributed by atoms with Crippen LogP contribution < -0.4 is 10.2 Å². The molecule has 0 fully saturated rings. The molecule has 1 heterocycles. The third-order valence-corrected chi connectivity index (χ3v) is 4.00. The summed E-state index contributed by atoms with van der Waals surface area (Å²) in [7, 11) is 0. The number of hydrogen-bond acceptors (Lipinski definition) is 2. The molecule has 1 aliphatic heterocycles. The van der Waals surface area contributed by atoms with Gasteiger partial charge in [-0.2, -0.15) is 0 Å². The number of hydrogen-bond donors (Lipinski definition) is 1. The zero-order valence-corrected chi connectivity index (χ0v) is 13.3. The summed E-state index contributed by atoms with van der Waals surface area (Å²) >= 11 is 0. The van der Waals surface area contributed by atoms with Gasteiger partial charge in [-0.3, -0.25) is 4.79 Å². The SMILES string of the molecule is C=CNCCC(CCC(=C)C)N1C(=O)C(=C)c2ccccc21. The van der Waals surface area contributed by atoms with Crippen molar-refractivity contribution in [2.24, 2.45) is 0 Å². The molecule has 0 saturated carbocycles. The highest BCUT2D eigenvalue weighted by molar-refractivity contribution is 6.32. The van der Waals surface area contributed by atoms with Crippen molar-refractivity contribution in [3.63, 3.8) is 0 Å². The normalized spacial score (nSPS) is 14.7. The molecule has 1 N–H and O–H groups in total. The summed E-state index contributed by atoms with van der Waals surface area (Å²) in [5.41, 5.74) is 3.65. The van der Waals surface area contributed by atoms with E-state index in [4.69, 9.17) is 0 Å². The van der Waals surface area contributed by atoms with Crippen LogP contribution in [0.15, 0.2) is 55.8 Å². The molecular weight excluding hydrogens is 272 g/mol. The number of anilines is 1. The Hall–Kier alpha value is -2.29. The number of benzene rings is 1. The van der Waals surface area contributed by atoms with Crippen LogP contribution in [0.1, 0.15) is 31.7 Å². The molecule has 116 valence electrons. The van der Waals surface area contributed by atoms with E-state index in [0.29, 0.717) is 5.57 Å². The second-order valence-corrected chi connectivity index (χ2v) is 5.77. The monoisotopic (exact) mass is 296 g/mol. The number of nitrogens with zero attached hydrogens (tertiary/aromatic N) is 1. The molecule has 0 aromatic heterocycles.